The summed E-state index contributed by atoms with van der Waals surface area (Å²) in [6, 6.07) is 4.97. The number of Topliss-reactive ketones (excluding diaryl/α,β-unsaturated/α-hetero) is 3. The zero-order valence-electron chi connectivity index (χ0n) is 12.0. The maximum absolute atomic E-state index is 11.0. The first-order valence-corrected chi connectivity index (χ1v) is 6.10. The predicted molar refractivity (Wildman–Crippen MR) is 79.1 cm³/mol. The minimum absolute atomic E-state index is 0.244. The van der Waals surface area contributed by atoms with Gasteiger partial charge in [0.05, 0.1) is 0 Å². The van der Waals surface area contributed by atoms with Gasteiger partial charge in [0.25, 0.3) is 0 Å². The average Bonchev–Trinajstić information content (AvgIpc) is 2.41. The van der Waals surface area contributed by atoms with Crippen LogP contribution in [-0.4, -0.2) is 17.3 Å². The Bertz CT molecular complexity index is 794. The van der Waals surface area contributed by atoms with Crippen molar-refractivity contribution < 1.29 is 14.4 Å². The fraction of sp³-hybridized carbons (Fsp3) is 0.167. The predicted octanol–water partition coefficient (Wildman–Crippen LogP) is 1.51. The standard InChI is InChI=1S/C18H12O3/c1-13(19)4-7-16-8-11-17(9-5-14(2)20)18(12-16)10-6-15(3)21/h8,11-12H,1-3H3. The minimum Gasteiger partial charge on any atom is -0.285 e. The largest absolute Gasteiger partial charge is 0.285 e. The molecule has 21 heavy (non-hydrogen) atoms. The van der Waals surface area contributed by atoms with Crippen molar-refractivity contribution >= 4 is 17.3 Å². The average molecular weight is 276 g/mol. The molecule has 1 aromatic carbocycles. The molecule has 0 saturated heterocycles. The van der Waals surface area contributed by atoms with Crippen LogP contribution in [0, 0.1) is 35.5 Å². The minimum atomic E-state index is -0.277. The second kappa shape index (κ2) is 7.49. The van der Waals surface area contributed by atoms with Crippen LogP contribution in [0.1, 0.15) is 37.5 Å². The van der Waals surface area contributed by atoms with Crippen LogP contribution in [0.4, 0.5) is 0 Å². The van der Waals surface area contributed by atoms with E-state index in [1.807, 2.05) is 0 Å². The van der Waals surface area contributed by atoms with Gasteiger partial charge in [-0.3, -0.25) is 14.4 Å². The van der Waals surface area contributed by atoms with Gasteiger partial charge in [-0.15, -0.1) is 0 Å². The van der Waals surface area contributed by atoms with E-state index < -0.39 is 0 Å². The van der Waals surface area contributed by atoms with E-state index >= 15 is 0 Å². The first-order chi connectivity index (χ1) is 9.88. The number of benzene rings is 1. The molecule has 1 aromatic rings. The second-order valence-corrected chi connectivity index (χ2v) is 4.18. The molecule has 1 rings (SSSR count). The molecule has 0 aromatic heterocycles. The number of ketones is 3. The van der Waals surface area contributed by atoms with Crippen molar-refractivity contribution in [3.8, 4) is 35.5 Å². The van der Waals surface area contributed by atoms with Crippen molar-refractivity contribution in [2.45, 2.75) is 20.8 Å². The molecule has 0 fully saturated rings. The summed E-state index contributed by atoms with van der Waals surface area (Å²) >= 11 is 0. The highest BCUT2D eigenvalue weighted by molar-refractivity contribution is 5.95. The van der Waals surface area contributed by atoms with Crippen LogP contribution in [0.5, 0.6) is 0 Å². The monoisotopic (exact) mass is 276 g/mol. The molecule has 0 bridgehead atoms. The molecule has 3 nitrogen and oxygen atoms in total. The highest BCUT2D eigenvalue weighted by Gasteiger charge is 1.99. The van der Waals surface area contributed by atoms with Gasteiger partial charge >= 0.3 is 0 Å². The summed E-state index contributed by atoms with van der Waals surface area (Å²) in [5.41, 5.74) is 1.62. The summed E-state index contributed by atoms with van der Waals surface area (Å²) in [6.45, 7) is 4.09. The van der Waals surface area contributed by atoms with Crippen molar-refractivity contribution in [3.05, 3.63) is 34.9 Å². The lowest BCUT2D eigenvalue weighted by Crippen LogP contribution is -1.90. The lowest BCUT2D eigenvalue weighted by atomic mass is 10.0. The Hall–Kier alpha value is -3.09. The third-order valence-electron chi connectivity index (χ3n) is 2.15. The van der Waals surface area contributed by atoms with Crippen molar-refractivity contribution in [1.29, 1.82) is 0 Å². The molecule has 0 heterocycles. The third kappa shape index (κ3) is 6.06. The van der Waals surface area contributed by atoms with Gasteiger partial charge in [0.15, 0.2) is 0 Å². The highest BCUT2D eigenvalue weighted by Crippen LogP contribution is 2.10. The highest BCUT2D eigenvalue weighted by atomic mass is 16.1. The third-order valence-corrected chi connectivity index (χ3v) is 2.15. The maximum atomic E-state index is 11.0. The van der Waals surface area contributed by atoms with Crippen LogP contribution in [-0.2, 0) is 14.4 Å². The summed E-state index contributed by atoms with van der Waals surface area (Å²) in [5.74, 6) is 14.6. The number of carbonyl (C=O) groups excluding carboxylic acids is 3. The van der Waals surface area contributed by atoms with E-state index in [1.165, 1.54) is 20.8 Å². The number of hydrogen-bond acceptors (Lipinski definition) is 3. The van der Waals surface area contributed by atoms with E-state index in [4.69, 9.17) is 0 Å². The first kappa shape index (κ1) is 16.0. The van der Waals surface area contributed by atoms with Crippen LogP contribution < -0.4 is 0 Å². The van der Waals surface area contributed by atoms with Gasteiger partial charge in [-0.2, -0.15) is 0 Å². The van der Waals surface area contributed by atoms with Gasteiger partial charge in [-0.05, 0) is 36.0 Å². The zero-order chi connectivity index (χ0) is 15.8. The molecule has 0 aliphatic heterocycles. The molecular formula is C18H12O3. The Kier molecular flexibility index (Phi) is 5.69. The summed E-state index contributed by atoms with van der Waals surface area (Å²) in [4.78, 5) is 32.7. The Labute approximate surface area is 123 Å². The topological polar surface area (TPSA) is 51.2 Å². The smallest absolute Gasteiger partial charge is 0.202 e. The molecule has 0 N–H and O–H groups in total. The van der Waals surface area contributed by atoms with E-state index in [1.54, 1.807) is 18.2 Å². The van der Waals surface area contributed by atoms with Crippen LogP contribution in [0.2, 0.25) is 0 Å². The maximum Gasteiger partial charge on any atom is 0.202 e. The van der Waals surface area contributed by atoms with Crippen molar-refractivity contribution in [3.63, 3.8) is 0 Å². The fourth-order valence-electron chi connectivity index (χ4n) is 1.31. The van der Waals surface area contributed by atoms with Crippen molar-refractivity contribution in [1.82, 2.24) is 0 Å². The number of rotatable bonds is 0. The molecule has 0 spiro atoms. The summed E-state index contributed by atoms with van der Waals surface area (Å²) in [5, 5.41) is 0. The van der Waals surface area contributed by atoms with Gasteiger partial charge in [0.1, 0.15) is 0 Å². The quantitative estimate of drug-likeness (QED) is 0.675. The van der Waals surface area contributed by atoms with Gasteiger partial charge < -0.3 is 0 Å². The molecule has 0 aliphatic rings. The van der Waals surface area contributed by atoms with Gasteiger partial charge in [0, 0.05) is 37.5 Å². The van der Waals surface area contributed by atoms with Crippen LogP contribution in [0.3, 0.4) is 0 Å². The van der Waals surface area contributed by atoms with Crippen LogP contribution in [0.25, 0.3) is 0 Å². The lowest BCUT2D eigenvalue weighted by molar-refractivity contribution is -0.112. The van der Waals surface area contributed by atoms with Gasteiger partial charge in [0.2, 0.25) is 17.3 Å². The molecule has 3 heteroatoms. The summed E-state index contributed by atoms with van der Waals surface area (Å²) < 4.78 is 0. The van der Waals surface area contributed by atoms with E-state index in [2.05, 4.69) is 35.5 Å². The molecule has 0 atom stereocenters. The Morgan fingerprint density at radius 1 is 0.714 bits per heavy atom. The van der Waals surface area contributed by atoms with Crippen molar-refractivity contribution in [2.24, 2.45) is 0 Å². The van der Waals surface area contributed by atoms with E-state index in [9.17, 15) is 14.4 Å². The van der Waals surface area contributed by atoms with Crippen molar-refractivity contribution in [2.75, 3.05) is 0 Å². The van der Waals surface area contributed by atoms with Gasteiger partial charge in [-0.25, -0.2) is 0 Å². The molecule has 102 valence electrons. The Morgan fingerprint density at radius 3 is 1.71 bits per heavy atom. The van der Waals surface area contributed by atoms with E-state index in [-0.39, 0.29) is 17.3 Å². The number of carbonyl (C=O) groups is 3. The number of hydrogen-bond donors (Lipinski definition) is 0. The summed E-state index contributed by atoms with van der Waals surface area (Å²) in [6.07, 6.45) is 0. The first-order valence-electron chi connectivity index (χ1n) is 6.10. The SMILES string of the molecule is CC(=O)C#Cc1ccc(C#CC(C)=O)c(C#CC(C)=O)c1. The normalized spacial score (nSPS) is 8.14. The van der Waals surface area contributed by atoms with Crippen LogP contribution >= 0.6 is 0 Å². The molecule has 0 amide bonds. The second-order valence-electron chi connectivity index (χ2n) is 4.18. The fourth-order valence-corrected chi connectivity index (χ4v) is 1.31. The van der Waals surface area contributed by atoms with E-state index in [0.29, 0.717) is 16.7 Å². The molecule has 0 aliphatic carbocycles. The lowest BCUT2D eigenvalue weighted by Gasteiger charge is -1.98. The Morgan fingerprint density at radius 2 is 1.19 bits per heavy atom. The van der Waals surface area contributed by atoms with Crippen LogP contribution in [0.15, 0.2) is 18.2 Å². The molecule has 0 saturated carbocycles. The molecule has 0 radical (unpaired) electrons. The van der Waals surface area contributed by atoms with Gasteiger partial charge in [-0.1, -0.05) is 17.8 Å². The Balaban J connectivity index is 3.35. The zero-order valence-corrected chi connectivity index (χ0v) is 12.0. The molecular weight excluding hydrogens is 264 g/mol. The summed E-state index contributed by atoms with van der Waals surface area (Å²) in [7, 11) is 0. The molecule has 0 unspecified atom stereocenters. The van der Waals surface area contributed by atoms with E-state index in [0.717, 1.165) is 0 Å².